The van der Waals surface area contributed by atoms with Crippen LogP contribution in [0, 0.1) is 6.92 Å². The van der Waals surface area contributed by atoms with Gasteiger partial charge in [0.2, 0.25) is 0 Å². The molecule has 2 aromatic rings. The van der Waals surface area contributed by atoms with Crippen molar-refractivity contribution in [2.75, 3.05) is 6.61 Å². The lowest BCUT2D eigenvalue weighted by atomic mass is 10.0. The molecule has 0 aliphatic rings. The minimum Gasteiger partial charge on any atom is -0.507 e. The molecule has 0 aliphatic carbocycles. The fourth-order valence-electron chi connectivity index (χ4n) is 1.87. The molecule has 2 rings (SSSR count). The molecule has 0 fully saturated rings. The van der Waals surface area contributed by atoms with Crippen molar-refractivity contribution in [1.29, 1.82) is 0 Å². The number of benzene rings is 2. The first kappa shape index (κ1) is 12.7. The second-order valence-electron chi connectivity index (χ2n) is 3.98. The highest BCUT2D eigenvalue weighted by Crippen LogP contribution is 2.33. The van der Waals surface area contributed by atoms with Gasteiger partial charge in [-0.05, 0) is 37.4 Å². The number of ether oxygens (including phenoxy) is 1. The van der Waals surface area contributed by atoms with Gasteiger partial charge < -0.3 is 9.84 Å². The lowest BCUT2D eigenvalue weighted by molar-refractivity contribution is 0.0525. The molecule has 1 N–H and O–H groups in total. The predicted octanol–water partition coefficient (Wildman–Crippen LogP) is 3.68. The number of halogens is 1. The number of carbonyl (C=O) groups is 1. The minimum atomic E-state index is -0.429. The predicted molar refractivity (Wildman–Crippen MR) is 71.3 cm³/mol. The van der Waals surface area contributed by atoms with E-state index in [4.69, 9.17) is 16.3 Å². The molecule has 0 aliphatic heterocycles. The molecule has 0 bridgehead atoms. The van der Waals surface area contributed by atoms with Gasteiger partial charge in [0.25, 0.3) is 0 Å². The number of rotatable bonds is 2. The molecule has 2 aromatic carbocycles. The summed E-state index contributed by atoms with van der Waals surface area (Å²) in [5, 5.41) is 12.0. The van der Waals surface area contributed by atoms with E-state index in [1.165, 1.54) is 0 Å². The molecule has 3 nitrogen and oxygen atoms in total. The number of hydrogen-bond acceptors (Lipinski definition) is 3. The zero-order valence-electron chi connectivity index (χ0n) is 10.2. The number of esters is 1. The van der Waals surface area contributed by atoms with E-state index in [1.807, 2.05) is 0 Å². The standard InChI is InChI=1S/C14H13ClO3/c1-3-18-14(17)11-6-9-4-5-10(15)7-12(9)13(16)8(11)2/h4-7,16H,3H2,1-2H3. The molecule has 0 atom stereocenters. The monoisotopic (exact) mass is 264 g/mol. The average molecular weight is 265 g/mol. The van der Waals surface area contributed by atoms with Crippen molar-refractivity contribution in [2.45, 2.75) is 13.8 Å². The van der Waals surface area contributed by atoms with Gasteiger partial charge in [-0.1, -0.05) is 17.7 Å². The van der Waals surface area contributed by atoms with Gasteiger partial charge in [0.05, 0.1) is 12.2 Å². The van der Waals surface area contributed by atoms with E-state index in [0.717, 1.165) is 5.39 Å². The first-order valence-electron chi connectivity index (χ1n) is 5.63. The maximum atomic E-state index is 11.8. The Kier molecular flexibility index (Phi) is 3.43. The largest absolute Gasteiger partial charge is 0.507 e. The van der Waals surface area contributed by atoms with Gasteiger partial charge in [0.1, 0.15) is 5.75 Å². The van der Waals surface area contributed by atoms with Crippen LogP contribution in [0.3, 0.4) is 0 Å². The molecular formula is C14H13ClO3. The Morgan fingerprint density at radius 3 is 2.78 bits per heavy atom. The Bertz CT molecular complexity index is 620. The van der Waals surface area contributed by atoms with E-state index >= 15 is 0 Å². The van der Waals surface area contributed by atoms with E-state index < -0.39 is 5.97 Å². The quantitative estimate of drug-likeness (QED) is 0.842. The summed E-state index contributed by atoms with van der Waals surface area (Å²) in [4.78, 5) is 11.8. The van der Waals surface area contributed by atoms with Crippen molar-refractivity contribution < 1.29 is 14.6 Å². The summed E-state index contributed by atoms with van der Waals surface area (Å²) < 4.78 is 4.96. The van der Waals surface area contributed by atoms with Crippen molar-refractivity contribution in [1.82, 2.24) is 0 Å². The van der Waals surface area contributed by atoms with Gasteiger partial charge in [-0.25, -0.2) is 4.79 Å². The number of aromatic hydroxyl groups is 1. The summed E-state index contributed by atoms with van der Waals surface area (Å²) in [5.74, 6) is -0.361. The highest BCUT2D eigenvalue weighted by atomic mass is 35.5. The highest BCUT2D eigenvalue weighted by Gasteiger charge is 2.16. The van der Waals surface area contributed by atoms with E-state index in [9.17, 15) is 9.90 Å². The Morgan fingerprint density at radius 2 is 2.11 bits per heavy atom. The number of carbonyl (C=O) groups excluding carboxylic acids is 1. The minimum absolute atomic E-state index is 0.0676. The molecule has 0 radical (unpaired) electrons. The topological polar surface area (TPSA) is 46.5 Å². The lowest BCUT2D eigenvalue weighted by Gasteiger charge is -2.10. The van der Waals surface area contributed by atoms with Crippen LogP contribution in [0.4, 0.5) is 0 Å². The smallest absolute Gasteiger partial charge is 0.338 e. The van der Waals surface area contributed by atoms with Crippen LogP contribution in [-0.4, -0.2) is 17.7 Å². The first-order valence-corrected chi connectivity index (χ1v) is 6.01. The maximum absolute atomic E-state index is 11.8. The van der Waals surface area contributed by atoms with Crippen LogP contribution >= 0.6 is 11.6 Å². The van der Waals surface area contributed by atoms with E-state index in [2.05, 4.69) is 0 Å². The summed E-state index contributed by atoms with van der Waals surface area (Å²) in [6.07, 6.45) is 0. The van der Waals surface area contributed by atoms with Crippen LogP contribution < -0.4 is 0 Å². The molecule has 18 heavy (non-hydrogen) atoms. The fraction of sp³-hybridized carbons (Fsp3) is 0.214. The van der Waals surface area contributed by atoms with Crippen molar-refractivity contribution in [3.05, 3.63) is 40.4 Å². The molecule has 0 amide bonds. The van der Waals surface area contributed by atoms with Crippen molar-refractivity contribution in [3.63, 3.8) is 0 Å². The van der Waals surface area contributed by atoms with Crippen molar-refractivity contribution >= 4 is 28.3 Å². The molecule has 0 heterocycles. The number of phenolic OH excluding ortho intramolecular Hbond substituents is 1. The van der Waals surface area contributed by atoms with E-state index in [1.54, 1.807) is 38.1 Å². The maximum Gasteiger partial charge on any atom is 0.338 e. The summed E-state index contributed by atoms with van der Waals surface area (Å²) in [5.41, 5.74) is 0.882. The molecule has 94 valence electrons. The molecule has 4 heteroatoms. The van der Waals surface area contributed by atoms with Crippen LogP contribution in [0.5, 0.6) is 5.75 Å². The molecule has 0 saturated carbocycles. The van der Waals surface area contributed by atoms with Gasteiger partial charge in [-0.15, -0.1) is 0 Å². The third-order valence-electron chi connectivity index (χ3n) is 2.82. The van der Waals surface area contributed by atoms with Gasteiger partial charge in [0, 0.05) is 16.0 Å². The zero-order chi connectivity index (χ0) is 13.3. The Balaban J connectivity index is 2.67. The summed E-state index contributed by atoms with van der Waals surface area (Å²) in [6.45, 7) is 3.73. The summed E-state index contributed by atoms with van der Waals surface area (Å²) in [6, 6.07) is 6.86. The van der Waals surface area contributed by atoms with Crippen LogP contribution in [0.2, 0.25) is 5.02 Å². The molecule has 0 saturated heterocycles. The Labute approximate surface area is 110 Å². The van der Waals surface area contributed by atoms with Crippen LogP contribution in [0.25, 0.3) is 10.8 Å². The van der Waals surface area contributed by atoms with Gasteiger partial charge in [-0.3, -0.25) is 0 Å². The third-order valence-corrected chi connectivity index (χ3v) is 3.06. The third kappa shape index (κ3) is 2.14. The van der Waals surface area contributed by atoms with E-state index in [-0.39, 0.29) is 5.75 Å². The highest BCUT2D eigenvalue weighted by molar-refractivity contribution is 6.31. The van der Waals surface area contributed by atoms with Crippen LogP contribution in [-0.2, 0) is 4.74 Å². The molecular weight excluding hydrogens is 252 g/mol. The molecule has 0 aromatic heterocycles. The Morgan fingerprint density at radius 1 is 1.39 bits per heavy atom. The summed E-state index contributed by atoms with van der Waals surface area (Å²) >= 11 is 5.89. The Hall–Kier alpha value is -1.74. The van der Waals surface area contributed by atoms with Crippen LogP contribution in [0.15, 0.2) is 24.3 Å². The number of fused-ring (bicyclic) bond motifs is 1. The van der Waals surface area contributed by atoms with Crippen molar-refractivity contribution in [3.8, 4) is 5.75 Å². The number of hydrogen-bond donors (Lipinski definition) is 1. The number of phenols is 1. The molecule has 0 spiro atoms. The second kappa shape index (κ2) is 4.86. The van der Waals surface area contributed by atoms with Gasteiger partial charge in [-0.2, -0.15) is 0 Å². The van der Waals surface area contributed by atoms with Crippen LogP contribution in [0.1, 0.15) is 22.8 Å². The average Bonchev–Trinajstić information content (AvgIpc) is 2.34. The summed E-state index contributed by atoms with van der Waals surface area (Å²) in [7, 11) is 0. The fourth-order valence-corrected chi connectivity index (χ4v) is 2.05. The lowest BCUT2D eigenvalue weighted by Crippen LogP contribution is -2.06. The molecule has 0 unspecified atom stereocenters. The van der Waals surface area contributed by atoms with Crippen molar-refractivity contribution in [2.24, 2.45) is 0 Å². The SMILES string of the molecule is CCOC(=O)c1cc2ccc(Cl)cc2c(O)c1C. The normalized spacial score (nSPS) is 10.6. The van der Waals surface area contributed by atoms with E-state index in [0.29, 0.717) is 28.1 Å². The van der Waals surface area contributed by atoms with Gasteiger partial charge in [0.15, 0.2) is 0 Å². The second-order valence-corrected chi connectivity index (χ2v) is 4.42. The van der Waals surface area contributed by atoms with Gasteiger partial charge >= 0.3 is 5.97 Å². The first-order chi connectivity index (χ1) is 8.54. The zero-order valence-corrected chi connectivity index (χ0v) is 10.9.